The Hall–Kier alpha value is -2.81. The van der Waals surface area contributed by atoms with Gasteiger partial charge < -0.3 is 14.7 Å². The number of hydrogen-bond donors (Lipinski definition) is 0. The molecule has 2 fully saturated rings. The number of thiophene rings is 1. The minimum Gasteiger partial charge on any atom is -0.355 e. The Balaban J connectivity index is 1.29. The predicted octanol–water partition coefficient (Wildman–Crippen LogP) is 3.28. The van der Waals surface area contributed by atoms with E-state index in [-0.39, 0.29) is 23.5 Å². The SMILES string of the molecule is CC(=O)N1CCCN(C(=O)C2CCN(c3ncnc4c3sc3cccc(F)c34)CC2)CC1. The second-order valence-electron chi connectivity index (χ2n) is 8.54. The van der Waals surface area contributed by atoms with Gasteiger partial charge in [-0.05, 0) is 31.4 Å². The van der Waals surface area contributed by atoms with E-state index in [1.54, 1.807) is 13.0 Å². The van der Waals surface area contributed by atoms with E-state index in [2.05, 4.69) is 14.9 Å². The number of rotatable bonds is 2. The highest BCUT2D eigenvalue weighted by molar-refractivity contribution is 7.26. The van der Waals surface area contributed by atoms with Gasteiger partial charge in [0.05, 0.1) is 15.6 Å². The van der Waals surface area contributed by atoms with Crippen LogP contribution in [0.25, 0.3) is 20.3 Å². The Morgan fingerprint density at radius 2 is 1.78 bits per heavy atom. The van der Waals surface area contributed by atoms with Crippen LogP contribution in [-0.2, 0) is 9.59 Å². The number of anilines is 1. The van der Waals surface area contributed by atoms with Crippen molar-refractivity contribution in [3.63, 3.8) is 0 Å². The Morgan fingerprint density at radius 3 is 2.56 bits per heavy atom. The zero-order valence-corrected chi connectivity index (χ0v) is 18.9. The maximum absolute atomic E-state index is 14.4. The van der Waals surface area contributed by atoms with Crippen LogP contribution in [0.5, 0.6) is 0 Å². The summed E-state index contributed by atoms with van der Waals surface area (Å²) < 4.78 is 16.2. The lowest BCUT2D eigenvalue weighted by molar-refractivity contribution is -0.136. The first kappa shape index (κ1) is 21.1. The fourth-order valence-corrected chi connectivity index (χ4v) is 6.03. The monoisotopic (exact) mass is 455 g/mol. The van der Waals surface area contributed by atoms with E-state index in [1.165, 1.54) is 23.7 Å². The van der Waals surface area contributed by atoms with Crippen molar-refractivity contribution in [2.24, 2.45) is 5.92 Å². The van der Waals surface area contributed by atoms with Crippen molar-refractivity contribution in [2.45, 2.75) is 26.2 Å². The first-order valence-corrected chi connectivity index (χ1v) is 12.0. The second kappa shape index (κ2) is 8.61. The molecule has 0 bridgehead atoms. The van der Waals surface area contributed by atoms with E-state index in [4.69, 9.17) is 0 Å². The molecule has 168 valence electrons. The van der Waals surface area contributed by atoms with Crippen molar-refractivity contribution in [1.82, 2.24) is 19.8 Å². The van der Waals surface area contributed by atoms with Gasteiger partial charge >= 0.3 is 0 Å². The zero-order valence-electron chi connectivity index (χ0n) is 18.1. The minimum absolute atomic E-state index is 0.00712. The summed E-state index contributed by atoms with van der Waals surface area (Å²) in [5.74, 6) is 0.834. The molecule has 2 amide bonds. The van der Waals surface area contributed by atoms with Gasteiger partial charge in [-0.1, -0.05) is 6.07 Å². The third-order valence-corrected chi connectivity index (χ3v) is 7.75. The third-order valence-electron chi connectivity index (χ3n) is 6.61. The van der Waals surface area contributed by atoms with Gasteiger partial charge in [-0.15, -0.1) is 11.3 Å². The molecular weight excluding hydrogens is 429 g/mol. The normalized spacial score (nSPS) is 18.4. The number of benzene rings is 1. The van der Waals surface area contributed by atoms with Crippen LogP contribution in [0.1, 0.15) is 26.2 Å². The van der Waals surface area contributed by atoms with Crippen molar-refractivity contribution in [1.29, 1.82) is 0 Å². The summed E-state index contributed by atoms with van der Waals surface area (Å²) in [5.41, 5.74) is 0.658. The third kappa shape index (κ3) is 3.79. The van der Waals surface area contributed by atoms with Gasteiger partial charge in [0.2, 0.25) is 11.8 Å². The standard InChI is InChI=1S/C23H26FN5O2S/c1-15(30)27-8-3-9-29(13-12-27)23(31)16-6-10-28(11-7-16)22-21-20(25-14-26-22)19-17(24)4-2-5-18(19)32-21/h2,4-5,14,16H,3,6-13H2,1H3. The number of hydrogen-bond acceptors (Lipinski definition) is 6. The molecule has 0 radical (unpaired) electrons. The van der Waals surface area contributed by atoms with Gasteiger partial charge in [0.1, 0.15) is 18.0 Å². The number of fused-ring (bicyclic) bond motifs is 3. The molecule has 3 aromatic rings. The summed E-state index contributed by atoms with van der Waals surface area (Å²) in [6.45, 7) is 5.70. The molecule has 9 heteroatoms. The fourth-order valence-electron chi connectivity index (χ4n) is 4.84. The van der Waals surface area contributed by atoms with E-state index in [1.807, 2.05) is 15.9 Å². The van der Waals surface area contributed by atoms with Crippen molar-refractivity contribution in [2.75, 3.05) is 44.2 Å². The van der Waals surface area contributed by atoms with Crippen molar-refractivity contribution < 1.29 is 14.0 Å². The van der Waals surface area contributed by atoms with Crippen LogP contribution in [0, 0.1) is 11.7 Å². The average Bonchev–Trinajstić information content (AvgIpc) is 3.01. The number of halogens is 1. The minimum atomic E-state index is -0.261. The number of nitrogens with zero attached hydrogens (tertiary/aromatic N) is 5. The molecule has 4 heterocycles. The average molecular weight is 456 g/mol. The van der Waals surface area contributed by atoms with Crippen LogP contribution in [0.4, 0.5) is 10.2 Å². The summed E-state index contributed by atoms with van der Waals surface area (Å²) >= 11 is 1.52. The molecule has 2 aromatic heterocycles. The molecule has 32 heavy (non-hydrogen) atoms. The highest BCUT2D eigenvalue weighted by Gasteiger charge is 2.31. The number of piperidine rings is 1. The lowest BCUT2D eigenvalue weighted by Gasteiger charge is -2.34. The number of carbonyl (C=O) groups excluding carboxylic acids is 2. The molecule has 2 saturated heterocycles. The lowest BCUT2D eigenvalue weighted by atomic mass is 9.95. The maximum Gasteiger partial charge on any atom is 0.225 e. The van der Waals surface area contributed by atoms with Crippen molar-refractivity contribution in [3.8, 4) is 0 Å². The Bertz CT molecular complexity index is 1170. The lowest BCUT2D eigenvalue weighted by Crippen LogP contribution is -2.44. The quantitative estimate of drug-likeness (QED) is 0.593. The second-order valence-corrected chi connectivity index (χ2v) is 9.59. The molecular formula is C23H26FN5O2S. The van der Waals surface area contributed by atoms with E-state index >= 15 is 0 Å². The summed E-state index contributed by atoms with van der Waals surface area (Å²) in [7, 11) is 0. The summed E-state index contributed by atoms with van der Waals surface area (Å²) in [4.78, 5) is 39.6. The molecule has 0 aliphatic carbocycles. The highest BCUT2D eigenvalue weighted by atomic mass is 32.1. The molecule has 2 aliphatic rings. The molecule has 0 unspecified atom stereocenters. The van der Waals surface area contributed by atoms with E-state index in [0.717, 1.165) is 54.1 Å². The number of aromatic nitrogens is 2. The van der Waals surface area contributed by atoms with E-state index in [0.29, 0.717) is 30.5 Å². The van der Waals surface area contributed by atoms with Crippen LogP contribution in [-0.4, -0.2) is 70.9 Å². The van der Waals surface area contributed by atoms with Crippen LogP contribution >= 0.6 is 11.3 Å². The molecule has 1 aromatic carbocycles. The van der Waals surface area contributed by atoms with Gasteiger partial charge in [-0.25, -0.2) is 14.4 Å². The Kier molecular flexibility index (Phi) is 5.67. The molecule has 0 spiro atoms. The summed E-state index contributed by atoms with van der Waals surface area (Å²) in [6, 6.07) is 5.09. The van der Waals surface area contributed by atoms with Crippen LogP contribution < -0.4 is 4.90 Å². The topological polar surface area (TPSA) is 69.6 Å². The van der Waals surface area contributed by atoms with Gasteiger partial charge in [0.25, 0.3) is 0 Å². The van der Waals surface area contributed by atoms with Crippen LogP contribution in [0.2, 0.25) is 0 Å². The first-order valence-electron chi connectivity index (χ1n) is 11.1. The van der Waals surface area contributed by atoms with Gasteiger partial charge in [-0.3, -0.25) is 9.59 Å². The highest BCUT2D eigenvalue weighted by Crippen LogP contribution is 2.39. The fraction of sp³-hybridized carbons (Fsp3) is 0.478. The maximum atomic E-state index is 14.4. The zero-order chi connectivity index (χ0) is 22.2. The van der Waals surface area contributed by atoms with Crippen LogP contribution in [0.15, 0.2) is 24.5 Å². The molecule has 0 atom stereocenters. The molecule has 2 aliphatic heterocycles. The molecule has 0 saturated carbocycles. The summed E-state index contributed by atoms with van der Waals surface area (Å²) in [6.07, 6.45) is 3.85. The smallest absolute Gasteiger partial charge is 0.225 e. The largest absolute Gasteiger partial charge is 0.355 e. The van der Waals surface area contributed by atoms with Gasteiger partial charge in [0.15, 0.2) is 0 Å². The first-order chi connectivity index (χ1) is 15.5. The van der Waals surface area contributed by atoms with E-state index < -0.39 is 0 Å². The summed E-state index contributed by atoms with van der Waals surface area (Å²) in [5, 5.41) is 0.557. The van der Waals surface area contributed by atoms with Gasteiger partial charge in [-0.2, -0.15) is 0 Å². The number of carbonyl (C=O) groups is 2. The van der Waals surface area contributed by atoms with E-state index in [9.17, 15) is 14.0 Å². The Morgan fingerprint density at radius 1 is 1.03 bits per heavy atom. The Labute approximate surface area is 189 Å². The molecule has 0 N–H and O–H groups in total. The van der Waals surface area contributed by atoms with Crippen LogP contribution in [0.3, 0.4) is 0 Å². The van der Waals surface area contributed by atoms with Crippen molar-refractivity contribution in [3.05, 3.63) is 30.3 Å². The number of amides is 2. The molecule has 7 nitrogen and oxygen atoms in total. The van der Waals surface area contributed by atoms with Crippen molar-refractivity contribution >= 4 is 49.3 Å². The predicted molar refractivity (Wildman–Crippen MR) is 123 cm³/mol. The molecule has 5 rings (SSSR count). The van der Waals surface area contributed by atoms with Gasteiger partial charge in [0, 0.05) is 56.8 Å².